The summed E-state index contributed by atoms with van der Waals surface area (Å²) in [5, 5.41) is 4.29. The fourth-order valence-corrected chi connectivity index (χ4v) is 4.90. The highest BCUT2D eigenvalue weighted by molar-refractivity contribution is 7.88. The van der Waals surface area contributed by atoms with Crippen LogP contribution in [-0.4, -0.2) is 45.1 Å². The van der Waals surface area contributed by atoms with Gasteiger partial charge >= 0.3 is 10.2 Å². The summed E-state index contributed by atoms with van der Waals surface area (Å²) < 4.78 is 37.2. The standard InChI is InChI=1S/C23H24N4O4S/c28-23-18-7-6-17-12-21-19-4-1-2-5-22(19)31-15-16(14-27(21)20(17)13-18)8-11-24-9-3-10-25-32(29,30)26-23/h1-2,4-7,12-14,24-25H,3,8-11,15H2,(H,26,28)/b16-14-. The first kappa shape index (κ1) is 20.7. The number of fused-ring (bicyclic) bond motifs is 3. The first-order valence-electron chi connectivity index (χ1n) is 10.6. The molecule has 5 rings (SSSR count). The zero-order chi connectivity index (χ0) is 22.1. The number of nitrogens with zero attached hydrogens (tertiary/aromatic N) is 1. The quantitative estimate of drug-likeness (QED) is 0.487. The first-order chi connectivity index (χ1) is 15.5. The largest absolute Gasteiger partial charge is 0.488 e. The van der Waals surface area contributed by atoms with Crippen LogP contribution in [0.15, 0.2) is 54.1 Å². The predicted octanol–water partition coefficient (Wildman–Crippen LogP) is 2.49. The Labute approximate surface area is 186 Å². The number of para-hydroxylation sites is 1. The van der Waals surface area contributed by atoms with E-state index in [0.29, 0.717) is 19.6 Å². The van der Waals surface area contributed by atoms with Gasteiger partial charge in [0.05, 0.1) is 11.2 Å². The molecule has 166 valence electrons. The molecule has 0 aliphatic carbocycles. The van der Waals surface area contributed by atoms with Gasteiger partial charge in [-0.05, 0) is 61.8 Å². The summed E-state index contributed by atoms with van der Waals surface area (Å²) in [5.74, 6) is 0.138. The molecule has 3 N–H and O–H groups in total. The second-order valence-corrected chi connectivity index (χ2v) is 9.43. The lowest BCUT2D eigenvalue weighted by Crippen LogP contribution is -2.41. The predicted molar refractivity (Wildman–Crippen MR) is 124 cm³/mol. The zero-order valence-electron chi connectivity index (χ0n) is 17.4. The summed E-state index contributed by atoms with van der Waals surface area (Å²) in [7, 11) is -3.93. The number of nitrogens with one attached hydrogen (secondary N) is 3. The molecule has 2 aliphatic rings. The molecule has 0 fully saturated rings. The number of carbonyl (C=O) groups excluding carboxylic acids is 1. The Bertz CT molecular complexity index is 1330. The van der Waals surface area contributed by atoms with Crippen LogP contribution in [0.4, 0.5) is 0 Å². The number of hydrogen-bond donors (Lipinski definition) is 3. The number of ether oxygens (including phenoxy) is 1. The highest BCUT2D eigenvalue weighted by Gasteiger charge is 2.20. The zero-order valence-corrected chi connectivity index (χ0v) is 18.2. The Morgan fingerprint density at radius 2 is 1.88 bits per heavy atom. The Hall–Kier alpha value is -3.14. The lowest BCUT2D eigenvalue weighted by molar-refractivity contribution is 0.0981. The summed E-state index contributed by atoms with van der Waals surface area (Å²) in [4.78, 5) is 12.7. The maximum absolute atomic E-state index is 12.7. The van der Waals surface area contributed by atoms with Crippen LogP contribution in [0.3, 0.4) is 0 Å². The van der Waals surface area contributed by atoms with Gasteiger partial charge in [0.25, 0.3) is 5.91 Å². The molecule has 8 nitrogen and oxygen atoms in total. The number of aromatic nitrogens is 1. The minimum Gasteiger partial charge on any atom is -0.488 e. The molecule has 9 heteroatoms. The van der Waals surface area contributed by atoms with Crippen molar-refractivity contribution in [1.82, 2.24) is 19.3 Å². The summed E-state index contributed by atoms with van der Waals surface area (Å²) in [6.45, 7) is 2.12. The number of amides is 1. The summed E-state index contributed by atoms with van der Waals surface area (Å²) in [6, 6.07) is 15.2. The highest BCUT2D eigenvalue weighted by Crippen LogP contribution is 2.37. The van der Waals surface area contributed by atoms with E-state index in [-0.39, 0.29) is 12.1 Å². The van der Waals surface area contributed by atoms with E-state index in [2.05, 4.69) is 31.6 Å². The Balaban J connectivity index is 1.68. The van der Waals surface area contributed by atoms with E-state index in [0.717, 1.165) is 46.4 Å². The van der Waals surface area contributed by atoms with Gasteiger partial charge in [-0.1, -0.05) is 18.2 Å². The lowest BCUT2D eigenvalue weighted by Gasteiger charge is -2.19. The Morgan fingerprint density at radius 3 is 2.78 bits per heavy atom. The van der Waals surface area contributed by atoms with Gasteiger partial charge < -0.3 is 14.6 Å². The number of hydrogen-bond acceptors (Lipinski definition) is 5. The fourth-order valence-electron chi connectivity index (χ4n) is 4.05. The van der Waals surface area contributed by atoms with E-state index < -0.39 is 16.1 Å². The van der Waals surface area contributed by atoms with E-state index in [4.69, 9.17) is 4.74 Å². The fraction of sp³-hybridized carbons (Fsp3) is 0.261. The van der Waals surface area contributed by atoms with E-state index in [1.165, 1.54) is 0 Å². The molecule has 1 aromatic heterocycles. The minimum absolute atomic E-state index is 0.240. The Morgan fingerprint density at radius 1 is 1.00 bits per heavy atom. The number of carbonyl (C=O) groups is 1. The summed E-state index contributed by atoms with van der Waals surface area (Å²) >= 11 is 0. The van der Waals surface area contributed by atoms with Crippen LogP contribution in [0.2, 0.25) is 0 Å². The molecule has 0 saturated carbocycles. The van der Waals surface area contributed by atoms with Crippen LogP contribution in [0.1, 0.15) is 23.2 Å². The van der Waals surface area contributed by atoms with Crippen molar-refractivity contribution in [3.63, 3.8) is 0 Å². The van der Waals surface area contributed by atoms with Crippen molar-refractivity contribution in [1.29, 1.82) is 0 Å². The SMILES string of the molecule is O=C1NS(=O)(=O)NCCCNCC/C2=C/n3c(cc4ccc1cc43)-c1ccccc1OC2. The molecule has 0 saturated heterocycles. The average molecular weight is 453 g/mol. The highest BCUT2D eigenvalue weighted by atomic mass is 32.2. The van der Waals surface area contributed by atoms with Crippen LogP contribution in [-0.2, 0) is 10.2 Å². The Kier molecular flexibility index (Phi) is 5.46. The minimum atomic E-state index is -3.93. The molecule has 3 heterocycles. The second-order valence-electron chi connectivity index (χ2n) is 7.93. The van der Waals surface area contributed by atoms with Gasteiger partial charge in [0, 0.05) is 29.3 Å². The van der Waals surface area contributed by atoms with E-state index >= 15 is 0 Å². The van der Waals surface area contributed by atoms with Gasteiger partial charge in [0.2, 0.25) is 0 Å². The maximum Gasteiger partial charge on any atom is 0.301 e. The molecule has 2 aliphatic heterocycles. The van der Waals surface area contributed by atoms with Gasteiger partial charge in [-0.25, -0.2) is 4.72 Å². The summed E-state index contributed by atoms with van der Waals surface area (Å²) in [5.41, 5.74) is 4.14. The molecule has 4 bridgehead atoms. The van der Waals surface area contributed by atoms with Crippen LogP contribution >= 0.6 is 0 Å². The summed E-state index contributed by atoms with van der Waals surface area (Å²) in [6.07, 6.45) is 3.46. The van der Waals surface area contributed by atoms with Crippen LogP contribution in [0.5, 0.6) is 5.75 Å². The molecule has 0 atom stereocenters. The van der Waals surface area contributed by atoms with Crippen LogP contribution < -0.4 is 19.5 Å². The van der Waals surface area contributed by atoms with Gasteiger partial charge in [-0.3, -0.25) is 4.79 Å². The number of benzene rings is 2. The third-order valence-corrected chi connectivity index (χ3v) is 6.70. The third-order valence-electron chi connectivity index (χ3n) is 5.66. The molecule has 0 radical (unpaired) electrons. The van der Waals surface area contributed by atoms with Gasteiger partial charge in [-0.2, -0.15) is 13.1 Å². The van der Waals surface area contributed by atoms with E-state index in [1.807, 2.05) is 30.3 Å². The monoisotopic (exact) mass is 452 g/mol. The topological polar surface area (TPSA) is 101 Å². The van der Waals surface area contributed by atoms with E-state index in [1.54, 1.807) is 12.1 Å². The average Bonchev–Trinajstić information content (AvgIpc) is 3.11. The molecule has 0 spiro atoms. The van der Waals surface area contributed by atoms with Crippen molar-refractivity contribution < 1.29 is 17.9 Å². The lowest BCUT2D eigenvalue weighted by atomic mass is 10.1. The van der Waals surface area contributed by atoms with Gasteiger partial charge in [-0.15, -0.1) is 0 Å². The molecule has 0 unspecified atom stereocenters. The first-order valence-corrected chi connectivity index (χ1v) is 12.1. The van der Waals surface area contributed by atoms with Crippen molar-refractivity contribution in [2.24, 2.45) is 0 Å². The normalized spacial score (nSPS) is 20.5. The molecule has 32 heavy (non-hydrogen) atoms. The van der Waals surface area contributed by atoms with Gasteiger partial charge in [0.1, 0.15) is 12.4 Å². The second kappa shape index (κ2) is 8.42. The number of rotatable bonds is 0. The van der Waals surface area contributed by atoms with Gasteiger partial charge in [0.15, 0.2) is 0 Å². The molecule has 1 amide bonds. The van der Waals surface area contributed by atoms with Crippen molar-refractivity contribution in [2.45, 2.75) is 12.8 Å². The maximum atomic E-state index is 12.7. The van der Waals surface area contributed by atoms with Crippen molar-refractivity contribution in [3.05, 3.63) is 59.7 Å². The van der Waals surface area contributed by atoms with E-state index in [9.17, 15) is 13.2 Å². The molecule has 3 aromatic rings. The molecule has 2 aromatic carbocycles. The van der Waals surface area contributed by atoms with Crippen LogP contribution in [0.25, 0.3) is 28.4 Å². The van der Waals surface area contributed by atoms with Crippen molar-refractivity contribution >= 4 is 33.2 Å². The third kappa shape index (κ3) is 4.14. The molecular formula is C23H24N4O4S. The smallest absolute Gasteiger partial charge is 0.301 e. The van der Waals surface area contributed by atoms with Crippen molar-refractivity contribution in [3.8, 4) is 17.0 Å². The molecular weight excluding hydrogens is 428 g/mol. The van der Waals surface area contributed by atoms with Crippen LogP contribution in [0, 0.1) is 0 Å². The van der Waals surface area contributed by atoms with Crippen molar-refractivity contribution in [2.75, 3.05) is 26.2 Å².